The zero-order valence-electron chi connectivity index (χ0n) is 18.0. The average Bonchev–Trinajstić information content (AvgIpc) is 3.22. The number of hydrogen-bond acceptors (Lipinski definition) is 5. The summed E-state index contributed by atoms with van der Waals surface area (Å²) in [5, 5.41) is 3.47. The molecule has 1 fully saturated rings. The number of carbonyl (C=O) groups is 1. The van der Waals surface area contributed by atoms with E-state index in [2.05, 4.69) is 71.1 Å². The molecule has 6 nitrogen and oxygen atoms in total. The number of aromatic nitrogens is 3. The summed E-state index contributed by atoms with van der Waals surface area (Å²) in [6.07, 6.45) is 9.79. The minimum absolute atomic E-state index is 0.518. The number of pyridine rings is 2. The van der Waals surface area contributed by atoms with Gasteiger partial charge >= 0.3 is 0 Å². The number of anilines is 2. The Kier molecular flexibility index (Phi) is 5.06. The third-order valence-corrected chi connectivity index (χ3v) is 6.39. The SMILES string of the molecule is CN(C)c1cccc2cnc(-n3ccc4cc(N5CCC(CC=O)CC5)ncc43)cc12. The van der Waals surface area contributed by atoms with Crippen LogP contribution >= 0.6 is 0 Å². The van der Waals surface area contributed by atoms with E-state index in [0.29, 0.717) is 12.3 Å². The molecule has 0 bridgehead atoms. The first kappa shape index (κ1) is 19.5. The summed E-state index contributed by atoms with van der Waals surface area (Å²) in [4.78, 5) is 24.7. The predicted molar refractivity (Wildman–Crippen MR) is 126 cm³/mol. The molecule has 0 amide bonds. The van der Waals surface area contributed by atoms with Gasteiger partial charge in [0.2, 0.25) is 0 Å². The van der Waals surface area contributed by atoms with E-state index in [1.807, 2.05) is 12.4 Å². The zero-order chi connectivity index (χ0) is 21.4. The molecule has 4 aromatic rings. The summed E-state index contributed by atoms with van der Waals surface area (Å²) < 4.78 is 2.11. The lowest BCUT2D eigenvalue weighted by Crippen LogP contribution is -2.34. The quantitative estimate of drug-likeness (QED) is 0.453. The van der Waals surface area contributed by atoms with E-state index in [9.17, 15) is 4.79 Å². The molecule has 0 saturated carbocycles. The summed E-state index contributed by atoms with van der Waals surface area (Å²) in [5.74, 6) is 2.42. The molecule has 1 aliphatic heterocycles. The highest BCUT2D eigenvalue weighted by atomic mass is 16.1. The molecule has 0 N–H and O–H groups in total. The van der Waals surface area contributed by atoms with Crippen molar-refractivity contribution in [2.75, 3.05) is 37.0 Å². The fourth-order valence-electron chi connectivity index (χ4n) is 4.59. The Hall–Kier alpha value is -3.41. The number of piperidine rings is 1. The van der Waals surface area contributed by atoms with E-state index in [-0.39, 0.29) is 0 Å². The molecule has 0 aliphatic carbocycles. The first-order valence-corrected chi connectivity index (χ1v) is 10.9. The minimum atomic E-state index is 0.518. The summed E-state index contributed by atoms with van der Waals surface area (Å²) in [6, 6.07) is 12.7. The molecular weight excluding hydrogens is 386 g/mol. The highest BCUT2D eigenvalue weighted by Gasteiger charge is 2.20. The van der Waals surface area contributed by atoms with Crippen molar-refractivity contribution in [3.63, 3.8) is 0 Å². The maximum absolute atomic E-state index is 10.8. The Morgan fingerprint density at radius 1 is 1.03 bits per heavy atom. The summed E-state index contributed by atoms with van der Waals surface area (Å²) >= 11 is 0. The molecule has 0 spiro atoms. The van der Waals surface area contributed by atoms with Crippen molar-refractivity contribution in [2.45, 2.75) is 19.3 Å². The van der Waals surface area contributed by atoms with Gasteiger partial charge < -0.3 is 14.6 Å². The molecule has 1 saturated heterocycles. The largest absolute Gasteiger partial charge is 0.377 e. The Morgan fingerprint density at radius 2 is 1.84 bits per heavy atom. The fraction of sp³-hybridized carbons (Fsp3) is 0.320. The molecule has 6 heteroatoms. The van der Waals surface area contributed by atoms with E-state index in [4.69, 9.17) is 9.97 Å². The van der Waals surface area contributed by atoms with Crippen molar-refractivity contribution in [3.05, 3.63) is 55.0 Å². The standard InChI is InChI=1S/C25H27N5O/c1-28(2)22-5-3-4-20-16-26-25(15-21(20)22)30-12-8-19-14-24(27-17-23(19)30)29-10-6-18(7-11-29)9-13-31/h3-5,8,12-18H,6-7,9-11H2,1-2H3. The first-order valence-electron chi connectivity index (χ1n) is 10.9. The highest BCUT2D eigenvalue weighted by molar-refractivity contribution is 5.95. The number of fused-ring (bicyclic) bond motifs is 2. The molecule has 4 heterocycles. The lowest BCUT2D eigenvalue weighted by atomic mass is 9.94. The molecule has 1 aromatic carbocycles. The third kappa shape index (κ3) is 3.63. The number of benzene rings is 1. The van der Waals surface area contributed by atoms with Crippen molar-refractivity contribution in [1.82, 2.24) is 14.5 Å². The van der Waals surface area contributed by atoms with E-state index in [1.165, 1.54) is 11.1 Å². The molecular formula is C25H27N5O. The van der Waals surface area contributed by atoms with E-state index in [0.717, 1.165) is 60.1 Å². The van der Waals surface area contributed by atoms with Crippen LogP contribution in [0.3, 0.4) is 0 Å². The number of hydrogen-bond donors (Lipinski definition) is 0. The van der Waals surface area contributed by atoms with Crippen molar-refractivity contribution in [1.29, 1.82) is 0 Å². The van der Waals surface area contributed by atoms with Crippen LogP contribution in [0.1, 0.15) is 19.3 Å². The Labute approximate surface area is 182 Å². The molecule has 1 aliphatic rings. The van der Waals surface area contributed by atoms with Gasteiger partial charge in [0.05, 0.1) is 11.7 Å². The van der Waals surface area contributed by atoms with Crippen LogP contribution in [0.15, 0.2) is 55.0 Å². The van der Waals surface area contributed by atoms with Gasteiger partial charge in [-0.2, -0.15) is 0 Å². The van der Waals surface area contributed by atoms with Crippen LogP contribution in [0.2, 0.25) is 0 Å². The monoisotopic (exact) mass is 413 g/mol. The fourth-order valence-corrected chi connectivity index (χ4v) is 4.59. The molecule has 158 valence electrons. The van der Waals surface area contributed by atoms with Crippen molar-refractivity contribution < 1.29 is 4.79 Å². The van der Waals surface area contributed by atoms with E-state index in [1.54, 1.807) is 0 Å². The maximum atomic E-state index is 10.8. The van der Waals surface area contributed by atoms with Gasteiger partial charge in [-0.1, -0.05) is 12.1 Å². The van der Waals surface area contributed by atoms with Gasteiger partial charge in [-0.25, -0.2) is 9.97 Å². The zero-order valence-corrected chi connectivity index (χ0v) is 18.0. The van der Waals surface area contributed by atoms with Crippen molar-refractivity contribution in [3.8, 4) is 5.82 Å². The second-order valence-electron chi connectivity index (χ2n) is 8.56. The summed E-state index contributed by atoms with van der Waals surface area (Å²) in [6.45, 7) is 1.91. The normalized spacial score (nSPS) is 15.0. The number of rotatable bonds is 5. The van der Waals surface area contributed by atoms with Gasteiger partial charge in [-0.3, -0.25) is 4.57 Å². The average molecular weight is 414 g/mol. The Bertz CT molecular complexity index is 1240. The number of nitrogens with zero attached hydrogens (tertiary/aromatic N) is 5. The van der Waals surface area contributed by atoms with Crippen molar-refractivity contribution >= 4 is 39.5 Å². The Morgan fingerprint density at radius 3 is 2.61 bits per heavy atom. The highest BCUT2D eigenvalue weighted by Crippen LogP contribution is 2.30. The first-order chi connectivity index (χ1) is 15.1. The maximum Gasteiger partial charge on any atom is 0.137 e. The lowest BCUT2D eigenvalue weighted by Gasteiger charge is -2.32. The summed E-state index contributed by atoms with van der Waals surface area (Å²) in [7, 11) is 4.13. The van der Waals surface area contributed by atoms with Gasteiger partial charge in [0.15, 0.2) is 0 Å². The van der Waals surface area contributed by atoms with Crippen LogP contribution in [0.5, 0.6) is 0 Å². The van der Waals surface area contributed by atoms with Gasteiger partial charge in [0.25, 0.3) is 0 Å². The minimum Gasteiger partial charge on any atom is -0.377 e. The molecule has 0 unspecified atom stereocenters. The smallest absolute Gasteiger partial charge is 0.137 e. The molecule has 3 aromatic heterocycles. The summed E-state index contributed by atoms with van der Waals surface area (Å²) in [5.41, 5.74) is 2.23. The molecule has 31 heavy (non-hydrogen) atoms. The van der Waals surface area contributed by atoms with Crippen LogP contribution in [-0.2, 0) is 4.79 Å². The van der Waals surface area contributed by atoms with Crippen LogP contribution in [0, 0.1) is 5.92 Å². The van der Waals surface area contributed by atoms with Gasteiger partial charge in [0, 0.05) is 67.8 Å². The second-order valence-corrected chi connectivity index (χ2v) is 8.56. The number of aldehydes is 1. The van der Waals surface area contributed by atoms with Gasteiger partial charge in [0.1, 0.15) is 17.9 Å². The third-order valence-electron chi connectivity index (χ3n) is 6.39. The topological polar surface area (TPSA) is 54.3 Å². The predicted octanol–water partition coefficient (Wildman–Crippen LogP) is 4.45. The lowest BCUT2D eigenvalue weighted by molar-refractivity contribution is -0.108. The molecule has 0 atom stereocenters. The number of carbonyl (C=O) groups excluding carboxylic acids is 1. The van der Waals surface area contributed by atoms with E-state index >= 15 is 0 Å². The second kappa shape index (κ2) is 8.02. The van der Waals surface area contributed by atoms with Crippen molar-refractivity contribution in [2.24, 2.45) is 5.92 Å². The van der Waals surface area contributed by atoms with Crippen LogP contribution in [0.25, 0.3) is 27.5 Å². The van der Waals surface area contributed by atoms with E-state index < -0.39 is 0 Å². The van der Waals surface area contributed by atoms with Crippen LogP contribution in [0.4, 0.5) is 11.5 Å². The molecule has 0 radical (unpaired) electrons. The Balaban J connectivity index is 1.47. The van der Waals surface area contributed by atoms with Crippen LogP contribution in [-0.4, -0.2) is 48.0 Å². The van der Waals surface area contributed by atoms with Crippen LogP contribution < -0.4 is 9.80 Å². The van der Waals surface area contributed by atoms with Gasteiger partial charge in [-0.05, 0) is 43.0 Å². The molecule has 5 rings (SSSR count). The van der Waals surface area contributed by atoms with Gasteiger partial charge in [-0.15, -0.1) is 0 Å².